The molecule has 40 heavy (non-hydrogen) atoms. The van der Waals surface area contributed by atoms with Gasteiger partial charge in [-0.2, -0.15) is 10.1 Å². The summed E-state index contributed by atoms with van der Waals surface area (Å²) in [5.74, 6) is 0.809. The van der Waals surface area contributed by atoms with E-state index in [9.17, 15) is 4.79 Å². The van der Waals surface area contributed by atoms with Crippen LogP contribution in [0.5, 0.6) is 11.5 Å². The number of allylic oxidation sites excluding steroid dienone is 1. The van der Waals surface area contributed by atoms with E-state index in [-0.39, 0.29) is 23.6 Å². The Morgan fingerprint density at radius 3 is 2.58 bits per heavy atom. The number of hydrazone groups is 1. The van der Waals surface area contributed by atoms with Gasteiger partial charge >= 0.3 is 0 Å². The maximum absolute atomic E-state index is 13.6. The number of hydrogen-bond acceptors (Lipinski definition) is 9. The predicted molar refractivity (Wildman–Crippen MR) is 156 cm³/mol. The van der Waals surface area contributed by atoms with Crippen LogP contribution in [0.1, 0.15) is 44.2 Å². The molecule has 4 aromatic rings. The quantitative estimate of drug-likeness (QED) is 0.229. The zero-order chi connectivity index (χ0) is 28.2. The number of methoxy groups -OCH3 is 2. The van der Waals surface area contributed by atoms with E-state index >= 15 is 0 Å². The fourth-order valence-electron chi connectivity index (χ4n) is 4.65. The number of benzene rings is 3. The number of fused-ring (bicyclic) bond motifs is 1. The van der Waals surface area contributed by atoms with Crippen molar-refractivity contribution < 1.29 is 14.3 Å². The average Bonchev–Trinajstić information content (AvgIpc) is 2.97. The molecule has 1 aliphatic rings. The fraction of sp³-hybridized carbons (Fsp3) is 0.133. The van der Waals surface area contributed by atoms with Gasteiger partial charge in [-0.25, -0.2) is 4.98 Å². The first-order valence-corrected chi connectivity index (χ1v) is 12.8. The molecule has 1 unspecified atom stereocenters. The van der Waals surface area contributed by atoms with Gasteiger partial charge in [0.2, 0.25) is 5.95 Å². The fourth-order valence-corrected chi connectivity index (χ4v) is 4.77. The standard InChI is InChI=1S/C30H27ClN6O3/c1-39-26-15-18(13-21-16-34-30(33)36-29(21)32)14-24(28(26)40-2)25(38)11-12-37-27(19-7-9-22(31)10-8-19)23-6-4-3-5-20(23)17-35-37/h3-12,14-17,27H,13H2,1-2H3,(H4,32,33,34,36)/b12-11+. The number of anilines is 2. The normalized spacial score (nSPS) is 14.3. The van der Waals surface area contributed by atoms with Crippen LogP contribution in [0.4, 0.5) is 11.8 Å². The minimum atomic E-state index is -0.289. The van der Waals surface area contributed by atoms with Crippen LogP contribution in [0.25, 0.3) is 0 Å². The van der Waals surface area contributed by atoms with E-state index in [1.54, 1.807) is 35.8 Å². The molecule has 10 heteroatoms. The molecule has 2 heterocycles. The van der Waals surface area contributed by atoms with E-state index in [0.29, 0.717) is 34.1 Å². The van der Waals surface area contributed by atoms with Crippen LogP contribution in [0.2, 0.25) is 5.02 Å². The van der Waals surface area contributed by atoms with Gasteiger partial charge in [0.05, 0.1) is 26.0 Å². The first kappa shape index (κ1) is 26.7. The lowest BCUT2D eigenvalue weighted by molar-refractivity contribution is 0.104. The molecular formula is C30H27ClN6O3. The molecule has 0 fully saturated rings. The molecule has 0 saturated heterocycles. The lowest BCUT2D eigenvalue weighted by atomic mass is 9.93. The van der Waals surface area contributed by atoms with Crippen molar-refractivity contribution >= 4 is 35.4 Å². The van der Waals surface area contributed by atoms with E-state index in [1.807, 2.05) is 48.5 Å². The van der Waals surface area contributed by atoms with Crippen molar-refractivity contribution in [1.82, 2.24) is 15.0 Å². The third kappa shape index (κ3) is 5.45. The average molecular weight is 555 g/mol. The van der Waals surface area contributed by atoms with Crippen LogP contribution in [0.3, 0.4) is 0 Å². The van der Waals surface area contributed by atoms with E-state index in [1.165, 1.54) is 20.3 Å². The highest BCUT2D eigenvalue weighted by Crippen LogP contribution is 2.36. The highest BCUT2D eigenvalue weighted by Gasteiger charge is 2.26. The van der Waals surface area contributed by atoms with Gasteiger partial charge in [0, 0.05) is 41.0 Å². The monoisotopic (exact) mass is 554 g/mol. The van der Waals surface area contributed by atoms with Crippen molar-refractivity contribution in [3.8, 4) is 11.5 Å². The summed E-state index contributed by atoms with van der Waals surface area (Å²) in [5.41, 5.74) is 16.5. The molecule has 0 bridgehead atoms. The molecule has 0 radical (unpaired) electrons. The Balaban J connectivity index is 1.49. The van der Waals surface area contributed by atoms with E-state index in [4.69, 9.17) is 32.5 Å². The zero-order valence-electron chi connectivity index (χ0n) is 21.9. The Morgan fingerprint density at radius 1 is 1.07 bits per heavy atom. The number of aromatic nitrogens is 2. The van der Waals surface area contributed by atoms with Gasteiger partial charge in [0.15, 0.2) is 17.3 Å². The molecule has 0 aliphatic carbocycles. The topological polar surface area (TPSA) is 129 Å². The van der Waals surface area contributed by atoms with Crippen molar-refractivity contribution in [2.45, 2.75) is 12.5 Å². The number of rotatable bonds is 8. The zero-order valence-corrected chi connectivity index (χ0v) is 22.7. The highest BCUT2D eigenvalue weighted by molar-refractivity contribution is 6.30. The summed E-state index contributed by atoms with van der Waals surface area (Å²) in [7, 11) is 3.01. The van der Waals surface area contributed by atoms with Crippen molar-refractivity contribution in [2.24, 2.45) is 5.10 Å². The van der Waals surface area contributed by atoms with Gasteiger partial charge in [-0.1, -0.05) is 48.0 Å². The summed E-state index contributed by atoms with van der Waals surface area (Å²) in [4.78, 5) is 21.7. The number of halogens is 1. The Morgan fingerprint density at radius 2 is 1.85 bits per heavy atom. The Kier molecular flexibility index (Phi) is 7.65. The first-order valence-electron chi connectivity index (χ1n) is 12.4. The van der Waals surface area contributed by atoms with Gasteiger partial charge in [-0.05, 0) is 41.0 Å². The molecule has 1 aromatic heterocycles. The lowest BCUT2D eigenvalue weighted by Gasteiger charge is -2.31. The Bertz CT molecular complexity index is 1620. The first-order chi connectivity index (χ1) is 19.4. The van der Waals surface area contributed by atoms with Crippen molar-refractivity contribution in [2.75, 3.05) is 25.7 Å². The molecule has 0 spiro atoms. The maximum atomic E-state index is 13.6. The molecule has 4 N–H and O–H groups in total. The minimum Gasteiger partial charge on any atom is -0.493 e. The number of ether oxygens (including phenoxy) is 2. The lowest BCUT2D eigenvalue weighted by Crippen LogP contribution is -2.25. The molecule has 0 amide bonds. The molecule has 0 saturated carbocycles. The van der Waals surface area contributed by atoms with Crippen LogP contribution < -0.4 is 20.9 Å². The van der Waals surface area contributed by atoms with Gasteiger partial charge in [-0.3, -0.25) is 9.80 Å². The van der Waals surface area contributed by atoms with Crippen LogP contribution in [0, 0.1) is 0 Å². The number of hydrogen-bond donors (Lipinski definition) is 2. The van der Waals surface area contributed by atoms with Crippen LogP contribution in [0.15, 0.2) is 84.2 Å². The van der Waals surface area contributed by atoms with Crippen LogP contribution >= 0.6 is 11.6 Å². The summed E-state index contributed by atoms with van der Waals surface area (Å²) in [6.07, 6.45) is 6.84. The molecule has 5 rings (SSSR count). The van der Waals surface area contributed by atoms with E-state index in [0.717, 1.165) is 22.3 Å². The Hall–Kier alpha value is -4.89. The molecule has 1 aliphatic heterocycles. The summed E-state index contributed by atoms with van der Waals surface area (Å²) >= 11 is 6.15. The van der Waals surface area contributed by atoms with Gasteiger partial charge in [-0.15, -0.1) is 0 Å². The van der Waals surface area contributed by atoms with Crippen molar-refractivity contribution in [1.29, 1.82) is 0 Å². The van der Waals surface area contributed by atoms with Gasteiger partial charge in [0.25, 0.3) is 0 Å². The second kappa shape index (κ2) is 11.5. The van der Waals surface area contributed by atoms with Crippen LogP contribution in [-0.2, 0) is 6.42 Å². The van der Waals surface area contributed by atoms with E-state index < -0.39 is 0 Å². The summed E-state index contributed by atoms with van der Waals surface area (Å²) < 4.78 is 11.1. The maximum Gasteiger partial charge on any atom is 0.221 e. The largest absolute Gasteiger partial charge is 0.493 e. The molecular weight excluding hydrogens is 528 g/mol. The number of nitrogens with zero attached hydrogens (tertiary/aromatic N) is 4. The third-order valence-corrected chi connectivity index (χ3v) is 6.82. The van der Waals surface area contributed by atoms with Crippen molar-refractivity contribution in [3.63, 3.8) is 0 Å². The molecule has 3 aromatic carbocycles. The van der Waals surface area contributed by atoms with Crippen molar-refractivity contribution in [3.05, 3.63) is 118 Å². The summed E-state index contributed by atoms with van der Waals surface area (Å²) in [5, 5.41) is 7.02. The second-order valence-corrected chi connectivity index (χ2v) is 9.52. The highest BCUT2D eigenvalue weighted by atomic mass is 35.5. The smallest absolute Gasteiger partial charge is 0.221 e. The third-order valence-electron chi connectivity index (χ3n) is 6.57. The minimum absolute atomic E-state index is 0.0921. The summed E-state index contributed by atoms with van der Waals surface area (Å²) in [6, 6.07) is 18.9. The summed E-state index contributed by atoms with van der Waals surface area (Å²) in [6.45, 7) is 0. The molecule has 202 valence electrons. The molecule has 1 atom stereocenters. The predicted octanol–water partition coefficient (Wildman–Crippen LogP) is 5.04. The second-order valence-electron chi connectivity index (χ2n) is 9.08. The number of ketones is 1. The Labute approximate surface area is 236 Å². The number of carbonyl (C=O) groups is 1. The SMILES string of the molecule is COc1cc(Cc2cnc(N)nc2N)cc(C(=O)/C=C/N2N=Cc3ccccc3C2c2ccc(Cl)cc2)c1OC. The molecule has 9 nitrogen and oxygen atoms in total. The number of nitrogens with two attached hydrogens (primary N) is 2. The van der Waals surface area contributed by atoms with Crippen LogP contribution in [-0.4, -0.2) is 41.2 Å². The van der Waals surface area contributed by atoms with Gasteiger partial charge in [0.1, 0.15) is 11.9 Å². The van der Waals surface area contributed by atoms with Gasteiger partial charge < -0.3 is 20.9 Å². The van der Waals surface area contributed by atoms with E-state index in [2.05, 4.69) is 15.1 Å². The number of nitrogen functional groups attached to an aromatic ring is 2. The number of carbonyl (C=O) groups excluding carboxylic acids is 1.